The van der Waals surface area contributed by atoms with Crippen LogP contribution in [0.25, 0.3) is 10.2 Å². The summed E-state index contributed by atoms with van der Waals surface area (Å²) < 4.78 is 1.01. The average molecular weight is 363 g/mol. The van der Waals surface area contributed by atoms with Gasteiger partial charge in [-0.2, -0.15) is 4.98 Å². The Bertz CT molecular complexity index is 784. The first-order chi connectivity index (χ1) is 10.2. The Morgan fingerprint density at radius 1 is 1.24 bits per heavy atom. The summed E-state index contributed by atoms with van der Waals surface area (Å²) >= 11 is 5.19. The third kappa shape index (κ3) is 3.01. The molecule has 21 heavy (non-hydrogen) atoms. The molecule has 0 unspecified atom stereocenters. The third-order valence-electron chi connectivity index (χ3n) is 3.03. The van der Waals surface area contributed by atoms with Crippen molar-refractivity contribution >= 4 is 54.9 Å². The first-order valence-electron chi connectivity index (χ1n) is 6.69. The second kappa shape index (κ2) is 5.99. The molecule has 1 aromatic carbocycles. The predicted molar refractivity (Wildman–Crippen MR) is 93.7 cm³/mol. The Labute approximate surface area is 135 Å². The number of anilines is 3. The van der Waals surface area contributed by atoms with Gasteiger partial charge in [-0.15, -0.1) is 11.3 Å². The van der Waals surface area contributed by atoms with Crippen LogP contribution in [0.4, 0.5) is 17.5 Å². The molecule has 0 saturated heterocycles. The maximum atomic E-state index is 4.58. The molecule has 0 amide bonds. The lowest BCUT2D eigenvalue weighted by molar-refractivity contribution is 1.11. The highest BCUT2D eigenvalue weighted by Gasteiger charge is 2.10. The van der Waals surface area contributed by atoms with E-state index in [-0.39, 0.29) is 0 Å². The molecule has 3 rings (SSSR count). The van der Waals surface area contributed by atoms with Gasteiger partial charge in [0.2, 0.25) is 5.95 Å². The quantitative estimate of drug-likeness (QED) is 0.690. The Morgan fingerprint density at radius 3 is 2.90 bits per heavy atom. The normalized spacial score (nSPS) is 10.8. The average Bonchev–Trinajstić information content (AvgIpc) is 2.92. The molecule has 6 heteroatoms. The van der Waals surface area contributed by atoms with Gasteiger partial charge in [-0.1, -0.05) is 6.07 Å². The van der Waals surface area contributed by atoms with E-state index < -0.39 is 0 Å². The van der Waals surface area contributed by atoms with E-state index >= 15 is 0 Å². The summed E-state index contributed by atoms with van der Waals surface area (Å²) in [6.45, 7) is 4.90. The number of aryl methyl sites for hydroxylation is 1. The zero-order valence-corrected chi connectivity index (χ0v) is 14.2. The number of aromatic nitrogens is 2. The van der Waals surface area contributed by atoms with Gasteiger partial charge in [0.25, 0.3) is 0 Å². The topological polar surface area (TPSA) is 49.8 Å². The molecule has 4 nitrogen and oxygen atoms in total. The molecule has 0 bridgehead atoms. The van der Waals surface area contributed by atoms with Crippen LogP contribution in [0.5, 0.6) is 0 Å². The van der Waals surface area contributed by atoms with Crippen molar-refractivity contribution in [3.8, 4) is 0 Å². The molecule has 2 aromatic heterocycles. The highest BCUT2D eigenvalue weighted by atomic mass is 79.9. The van der Waals surface area contributed by atoms with Crippen LogP contribution in [0.1, 0.15) is 12.5 Å². The summed E-state index contributed by atoms with van der Waals surface area (Å²) in [6, 6.07) is 8.24. The highest BCUT2D eigenvalue weighted by Crippen LogP contribution is 2.31. The van der Waals surface area contributed by atoms with Gasteiger partial charge < -0.3 is 10.6 Å². The molecule has 0 spiro atoms. The fraction of sp³-hybridized carbons (Fsp3) is 0.200. The van der Waals surface area contributed by atoms with Crippen molar-refractivity contribution in [1.29, 1.82) is 0 Å². The van der Waals surface area contributed by atoms with Gasteiger partial charge in [-0.3, -0.25) is 0 Å². The van der Waals surface area contributed by atoms with Crippen molar-refractivity contribution in [2.45, 2.75) is 13.8 Å². The van der Waals surface area contributed by atoms with Crippen LogP contribution in [-0.2, 0) is 0 Å². The van der Waals surface area contributed by atoms with E-state index in [1.807, 2.05) is 24.4 Å². The Hall–Kier alpha value is -1.66. The van der Waals surface area contributed by atoms with Crippen LogP contribution in [0.3, 0.4) is 0 Å². The van der Waals surface area contributed by atoms with Crippen molar-refractivity contribution in [2.75, 3.05) is 17.2 Å². The van der Waals surface area contributed by atoms with Crippen LogP contribution < -0.4 is 10.6 Å². The third-order valence-corrected chi connectivity index (χ3v) is 4.53. The minimum absolute atomic E-state index is 0.652. The molecule has 3 aromatic rings. The number of rotatable bonds is 4. The highest BCUT2D eigenvalue weighted by molar-refractivity contribution is 9.10. The summed E-state index contributed by atoms with van der Waals surface area (Å²) in [6.07, 6.45) is 0. The zero-order valence-electron chi connectivity index (χ0n) is 11.8. The van der Waals surface area contributed by atoms with E-state index in [0.717, 1.165) is 32.7 Å². The monoisotopic (exact) mass is 362 g/mol. The first-order valence-corrected chi connectivity index (χ1v) is 8.37. The molecule has 2 heterocycles. The lowest BCUT2D eigenvalue weighted by Gasteiger charge is -2.11. The van der Waals surface area contributed by atoms with E-state index in [1.165, 1.54) is 5.56 Å². The van der Waals surface area contributed by atoms with Gasteiger partial charge >= 0.3 is 0 Å². The standard InChI is InChI=1S/C15H15BrN4S/c1-3-17-15-19-13(10-6-7-21-14(10)20-15)18-12-8-9(2)4-5-11(12)16/h4-8H,3H2,1-2H3,(H2,17,18,19,20). The molecule has 0 radical (unpaired) electrons. The Kier molecular flexibility index (Phi) is 4.07. The van der Waals surface area contributed by atoms with Crippen LogP contribution >= 0.6 is 27.3 Å². The summed E-state index contributed by atoms with van der Waals surface area (Å²) in [5, 5.41) is 9.65. The smallest absolute Gasteiger partial charge is 0.226 e. The number of halogens is 1. The fourth-order valence-electron chi connectivity index (χ4n) is 2.05. The largest absolute Gasteiger partial charge is 0.354 e. The van der Waals surface area contributed by atoms with Crippen LogP contribution in [-0.4, -0.2) is 16.5 Å². The zero-order chi connectivity index (χ0) is 14.8. The molecule has 0 aliphatic rings. The fourth-order valence-corrected chi connectivity index (χ4v) is 3.16. The Morgan fingerprint density at radius 2 is 2.10 bits per heavy atom. The molecule has 0 fully saturated rings. The van der Waals surface area contributed by atoms with E-state index in [4.69, 9.17) is 0 Å². The molecular formula is C15H15BrN4S. The van der Waals surface area contributed by atoms with Crippen molar-refractivity contribution < 1.29 is 0 Å². The van der Waals surface area contributed by atoms with Crippen molar-refractivity contribution in [1.82, 2.24) is 9.97 Å². The summed E-state index contributed by atoms with van der Waals surface area (Å²) in [5.41, 5.74) is 2.20. The minimum Gasteiger partial charge on any atom is -0.354 e. The number of nitrogens with zero attached hydrogens (tertiary/aromatic N) is 2. The first kappa shape index (κ1) is 14.3. The van der Waals surface area contributed by atoms with Gasteiger partial charge in [0.05, 0.1) is 11.1 Å². The number of thiophene rings is 1. The van der Waals surface area contributed by atoms with E-state index in [9.17, 15) is 0 Å². The van der Waals surface area contributed by atoms with Crippen molar-refractivity contribution in [3.63, 3.8) is 0 Å². The maximum Gasteiger partial charge on any atom is 0.226 e. The van der Waals surface area contributed by atoms with Gasteiger partial charge in [0, 0.05) is 11.0 Å². The SMILES string of the molecule is CCNc1nc(Nc2cc(C)ccc2Br)c2ccsc2n1. The van der Waals surface area contributed by atoms with Gasteiger partial charge in [0.15, 0.2) is 0 Å². The summed E-state index contributed by atoms with van der Waals surface area (Å²) in [4.78, 5) is 10.1. The second-order valence-corrected chi connectivity index (χ2v) is 6.42. The van der Waals surface area contributed by atoms with E-state index in [0.29, 0.717) is 5.95 Å². The van der Waals surface area contributed by atoms with Gasteiger partial charge in [-0.25, -0.2) is 4.98 Å². The molecular weight excluding hydrogens is 348 g/mol. The number of nitrogens with one attached hydrogen (secondary N) is 2. The lowest BCUT2D eigenvalue weighted by atomic mass is 10.2. The van der Waals surface area contributed by atoms with Crippen LogP contribution in [0.2, 0.25) is 0 Å². The lowest BCUT2D eigenvalue weighted by Crippen LogP contribution is -2.04. The number of benzene rings is 1. The van der Waals surface area contributed by atoms with Crippen LogP contribution in [0, 0.1) is 6.92 Å². The molecule has 108 valence electrons. The summed E-state index contributed by atoms with van der Waals surface area (Å²) in [7, 11) is 0. The molecule has 0 aliphatic carbocycles. The number of fused-ring (bicyclic) bond motifs is 1. The maximum absolute atomic E-state index is 4.58. The van der Waals surface area contributed by atoms with Gasteiger partial charge in [-0.05, 0) is 58.9 Å². The van der Waals surface area contributed by atoms with Crippen molar-refractivity contribution in [2.24, 2.45) is 0 Å². The minimum atomic E-state index is 0.652. The molecule has 0 saturated carbocycles. The molecule has 0 atom stereocenters. The predicted octanol–water partition coefficient (Wildman–Crippen LogP) is 4.94. The number of hydrogen-bond donors (Lipinski definition) is 2. The van der Waals surface area contributed by atoms with Gasteiger partial charge in [0.1, 0.15) is 10.6 Å². The number of hydrogen-bond acceptors (Lipinski definition) is 5. The van der Waals surface area contributed by atoms with Crippen LogP contribution in [0.15, 0.2) is 34.1 Å². The van der Waals surface area contributed by atoms with E-state index in [1.54, 1.807) is 11.3 Å². The molecule has 2 N–H and O–H groups in total. The second-order valence-electron chi connectivity index (χ2n) is 4.67. The summed E-state index contributed by atoms with van der Waals surface area (Å²) in [5.74, 6) is 1.47. The molecule has 0 aliphatic heterocycles. The van der Waals surface area contributed by atoms with E-state index in [2.05, 4.69) is 55.6 Å². The Balaban J connectivity index is 2.06. The van der Waals surface area contributed by atoms with Crippen molar-refractivity contribution in [3.05, 3.63) is 39.7 Å².